The molecule has 0 radical (unpaired) electrons. The van der Waals surface area contributed by atoms with Crippen LogP contribution in [0.25, 0.3) is 0 Å². The average molecular weight is 386 g/mol. The fourth-order valence-electron chi connectivity index (χ4n) is 2.95. The molecule has 1 aliphatic heterocycles. The minimum atomic E-state index is -0.572. The van der Waals surface area contributed by atoms with E-state index in [4.69, 9.17) is 11.6 Å². The molecule has 27 heavy (non-hydrogen) atoms. The van der Waals surface area contributed by atoms with E-state index in [9.17, 15) is 14.4 Å². The number of aryl methyl sites for hydroxylation is 1. The van der Waals surface area contributed by atoms with E-state index >= 15 is 0 Å². The number of carbonyl (C=O) groups is 3. The molecule has 2 N–H and O–H groups in total. The van der Waals surface area contributed by atoms with E-state index in [1.807, 2.05) is 31.2 Å². The summed E-state index contributed by atoms with van der Waals surface area (Å²) in [5.74, 6) is -0.769. The molecule has 0 aliphatic carbocycles. The lowest BCUT2D eigenvalue weighted by Crippen LogP contribution is -2.54. The molecule has 6 nitrogen and oxygen atoms in total. The van der Waals surface area contributed by atoms with Crippen molar-refractivity contribution >= 4 is 29.4 Å². The van der Waals surface area contributed by atoms with E-state index in [1.165, 1.54) is 0 Å². The second-order valence-electron chi connectivity index (χ2n) is 6.50. The molecular formula is C20H20ClN3O3. The van der Waals surface area contributed by atoms with Crippen LogP contribution >= 0.6 is 11.6 Å². The summed E-state index contributed by atoms with van der Waals surface area (Å²) in [5, 5.41) is 6.08. The number of hydrogen-bond acceptors (Lipinski definition) is 3. The minimum Gasteiger partial charge on any atom is -0.350 e. The lowest BCUT2D eigenvalue weighted by atomic mass is 10.0. The zero-order valence-electron chi connectivity index (χ0n) is 14.9. The van der Waals surface area contributed by atoms with Gasteiger partial charge < -0.3 is 10.6 Å². The van der Waals surface area contributed by atoms with Crippen LogP contribution in [0.15, 0.2) is 48.5 Å². The van der Waals surface area contributed by atoms with Gasteiger partial charge in [-0.05, 0) is 30.2 Å². The largest absolute Gasteiger partial charge is 0.350 e. The fourth-order valence-corrected chi connectivity index (χ4v) is 3.08. The van der Waals surface area contributed by atoms with Crippen LogP contribution in [0.1, 0.15) is 29.2 Å². The second kappa shape index (κ2) is 8.22. The Labute approximate surface area is 162 Å². The molecule has 1 aliphatic rings. The predicted octanol–water partition coefficient (Wildman–Crippen LogP) is 2.95. The van der Waals surface area contributed by atoms with Crippen LogP contribution < -0.4 is 10.6 Å². The Morgan fingerprint density at radius 3 is 2.63 bits per heavy atom. The third-order valence-electron chi connectivity index (χ3n) is 4.37. The van der Waals surface area contributed by atoms with Gasteiger partial charge in [-0.25, -0.2) is 4.79 Å². The van der Waals surface area contributed by atoms with Gasteiger partial charge in [0.25, 0.3) is 0 Å². The molecule has 0 saturated carbocycles. The fraction of sp³-hybridized carbons (Fsp3) is 0.250. The first-order valence-corrected chi connectivity index (χ1v) is 8.99. The van der Waals surface area contributed by atoms with Crippen molar-refractivity contribution in [3.05, 3.63) is 70.2 Å². The zero-order valence-corrected chi connectivity index (χ0v) is 15.6. The molecule has 1 saturated heterocycles. The number of nitrogens with zero attached hydrogens (tertiary/aromatic N) is 1. The van der Waals surface area contributed by atoms with Gasteiger partial charge in [0, 0.05) is 11.6 Å². The first kappa shape index (κ1) is 18.9. The maximum absolute atomic E-state index is 12.4. The van der Waals surface area contributed by atoms with Gasteiger partial charge in [-0.3, -0.25) is 14.5 Å². The summed E-state index contributed by atoms with van der Waals surface area (Å²) in [4.78, 5) is 37.8. The van der Waals surface area contributed by atoms with Gasteiger partial charge in [-0.1, -0.05) is 53.6 Å². The molecule has 7 heteroatoms. The molecule has 0 aromatic heterocycles. The molecular weight excluding hydrogens is 366 g/mol. The van der Waals surface area contributed by atoms with E-state index in [2.05, 4.69) is 10.6 Å². The van der Waals surface area contributed by atoms with Gasteiger partial charge in [0.05, 0.1) is 12.5 Å². The Hall–Kier alpha value is -2.86. The quantitative estimate of drug-likeness (QED) is 0.830. The predicted molar refractivity (Wildman–Crippen MR) is 102 cm³/mol. The summed E-state index contributed by atoms with van der Waals surface area (Å²) in [6, 6.07) is 13.7. The van der Waals surface area contributed by atoms with E-state index < -0.39 is 12.1 Å². The number of hydrogen-bond donors (Lipinski definition) is 2. The number of imide groups is 1. The second-order valence-corrected chi connectivity index (χ2v) is 6.94. The van der Waals surface area contributed by atoms with E-state index in [-0.39, 0.29) is 24.8 Å². The lowest BCUT2D eigenvalue weighted by Gasteiger charge is -2.31. The average Bonchev–Trinajstić information content (AvgIpc) is 2.63. The summed E-state index contributed by atoms with van der Waals surface area (Å²) >= 11 is 5.86. The zero-order chi connectivity index (χ0) is 19.4. The molecule has 2 aromatic carbocycles. The number of nitrogens with one attached hydrogen (secondary N) is 2. The van der Waals surface area contributed by atoms with Crippen LogP contribution in [0.4, 0.5) is 4.79 Å². The maximum Gasteiger partial charge on any atom is 0.325 e. The van der Waals surface area contributed by atoms with Crippen LogP contribution in [-0.2, 0) is 16.1 Å². The van der Waals surface area contributed by atoms with Crippen molar-refractivity contribution in [3.63, 3.8) is 0 Å². The summed E-state index contributed by atoms with van der Waals surface area (Å²) in [5.41, 5.74) is 2.85. The standard InChI is InChI=1S/C20H20ClN3O3/c1-13-3-2-4-14(9-13)11-22-18(25)12-24-19(26)10-17(23-20(24)27)15-5-7-16(21)8-6-15/h2-9,17H,10-12H2,1H3,(H,22,25)(H,23,27). The third kappa shape index (κ3) is 4.86. The number of halogens is 1. The van der Waals surface area contributed by atoms with Crippen LogP contribution in [0.3, 0.4) is 0 Å². The van der Waals surface area contributed by atoms with Gasteiger partial charge >= 0.3 is 6.03 Å². The van der Waals surface area contributed by atoms with Crippen LogP contribution in [0.2, 0.25) is 5.02 Å². The van der Waals surface area contributed by atoms with Crippen molar-refractivity contribution in [1.29, 1.82) is 0 Å². The molecule has 4 amide bonds. The molecule has 3 rings (SSSR count). The van der Waals surface area contributed by atoms with Crippen LogP contribution in [0.5, 0.6) is 0 Å². The maximum atomic E-state index is 12.4. The van der Waals surface area contributed by atoms with Crippen molar-refractivity contribution in [2.45, 2.75) is 25.9 Å². The summed E-state index contributed by atoms with van der Waals surface area (Å²) in [7, 11) is 0. The van der Waals surface area contributed by atoms with Crippen molar-refractivity contribution in [2.75, 3.05) is 6.54 Å². The highest BCUT2D eigenvalue weighted by atomic mass is 35.5. The Balaban J connectivity index is 1.56. The monoisotopic (exact) mass is 385 g/mol. The van der Waals surface area contributed by atoms with Gasteiger partial charge in [0.15, 0.2) is 0 Å². The highest BCUT2D eigenvalue weighted by molar-refractivity contribution is 6.30. The Morgan fingerprint density at radius 2 is 1.96 bits per heavy atom. The molecule has 0 spiro atoms. The Bertz CT molecular complexity index is 849. The van der Waals surface area contributed by atoms with Gasteiger partial charge in [0.2, 0.25) is 11.8 Å². The lowest BCUT2D eigenvalue weighted by molar-refractivity contribution is -0.134. The van der Waals surface area contributed by atoms with Crippen molar-refractivity contribution in [1.82, 2.24) is 15.5 Å². The minimum absolute atomic E-state index is 0.0958. The SMILES string of the molecule is Cc1cccc(CNC(=O)CN2C(=O)CC(c3ccc(Cl)cc3)NC2=O)c1. The van der Waals surface area contributed by atoms with E-state index in [1.54, 1.807) is 24.3 Å². The molecule has 1 unspecified atom stereocenters. The highest BCUT2D eigenvalue weighted by Gasteiger charge is 2.33. The summed E-state index contributed by atoms with van der Waals surface area (Å²) in [6.07, 6.45) is 0.0958. The van der Waals surface area contributed by atoms with Gasteiger partial charge in [-0.15, -0.1) is 0 Å². The number of rotatable bonds is 5. The Kier molecular flexibility index (Phi) is 5.76. The van der Waals surface area contributed by atoms with Crippen molar-refractivity contribution in [2.24, 2.45) is 0 Å². The normalized spacial score (nSPS) is 16.8. The van der Waals surface area contributed by atoms with Gasteiger partial charge in [-0.2, -0.15) is 0 Å². The van der Waals surface area contributed by atoms with E-state index in [0.29, 0.717) is 11.6 Å². The summed E-state index contributed by atoms with van der Waals surface area (Å²) in [6.45, 7) is 2.01. The first-order valence-electron chi connectivity index (χ1n) is 8.61. The third-order valence-corrected chi connectivity index (χ3v) is 4.62. The number of amides is 4. The number of benzene rings is 2. The van der Waals surface area contributed by atoms with Crippen LogP contribution in [0, 0.1) is 6.92 Å². The molecule has 2 aromatic rings. The van der Waals surface area contributed by atoms with E-state index in [0.717, 1.165) is 21.6 Å². The molecule has 0 bridgehead atoms. The molecule has 140 valence electrons. The number of urea groups is 1. The summed E-state index contributed by atoms with van der Waals surface area (Å²) < 4.78 is 0. The first-order chi connectivity index (χ1) is 12.9. The smallest absolute Gasteiger partial charge is 0.325 e. The van der Waals surface area contributed by atoms with Gasteiger partial charge in [0.1, 0.15) is 6.54 Å². The van der Waals surface area contributed by atoms with Crippen molar-refractivity contribution < 1.29 is 14.4 Å². The molecule has 1 heterocycles. The Morgan fingerprint density at radius 1 is 1.22 bits per heavy atom. The molecule has 1 fully saturated rings. The van der Waals surface area contributed by atoms with Crippen LogP contribution in [-0.4, -0.2) is 29.3 Å². The molecule has 1 atom stereocenters. The number of carbonyl (C=O) groups excluding carboxylic acids is 3. The topological polar surface area (TPSA) is 78.5 Å². The highest BCUT2D eigenvalue weighted by Crippen LogP contribution is 2.23. The van der Waals surface area contributed by atoms with Crippen molar-refractivity contribution in [3.8, 4) is 0 Å².